The number of amides is 1. The quantitative estimate of drug-likeness (QED) is 0.875. The molecule has 0 saturated carbocycles. The lowest BCUT2D eigenvalue weighted by molar-refractivity contribution is 0.0713. The Balaban J connectivity index is 2.08. The van der Waals surface area contributed by atoms with E-state index in [1.54, 1.807) is 0 Å². The maximum absolute atomic E-state index is 12.3. The number of anilines is 1. The van der Waals surface area contributed by atoms with Gasteiger partial charge in [-0.05, 0) is 38.8 Å². The van der Waals surface area contributed by atoms with Crippen LogP contribution in [0, 0.1) is 6.92 Å². The second-order valence-corrected chi connectivity index (χ2v) is 5.11. The van der Waals surface area contributed by atoms with Crippen LogP contribution in [0.4, 0.5) is 5.69 Å². The van der Waals surface area contributed by atoms with Gasteiger partial charge in [-0.2, -0.15) is 0 Å². The van der Waals surface area contributed by atoms with Gasteiger partial charge in [0, 0.05) is 19.3 Å². The zero-order chi connectivity index (χ0) is 13.8. The Morgan fingerprint density at radius 1 is 1.47 bits per heavy atom. The van der Waals surface area contributed by atoms with Gasteiger partial charge in [-0.1, -0.05) is 11.6 Å². The molecule has 104 valence electrons. The molecule has 1 saturated heterocycles. The SMILES string of the molecule is CNc1ccc(C)cc1C(=O)NC(C)C1CCCO1. The van der Waals surface area contributed by atoms with Crippen molar-refractivity contribution in [2.75, 3.05) is 19.0 Å². The number of rotatable bonds is 4. The Kier molecular flexibility index (Phi) is 4.43. The monoisotopic (exact) mass is 262 g/mol. The minimum absolute atomic E-state index is 0.0419. The number of hydrogen-bond donors (Lipinski definition) is 2. The van der Waals surface area contributed by atoms with E-state index in [0.717, 1.165) is 30.7 Å². The highest BCUT2D eigenvalue weighted by molar-refractivity contribution is 6.00. The van der Waals surface area contributed by atoms with E-state index in [4.69, 9.17) is 4.74 Å². The molecule has 2 atom stereocenters. The fourth-order valence-electron chi connectivity index (χ4n) is 2.44. The average molecular weight is 262 g/mol. The lowest BCUT2D eigenvalue weighted by atomic mass is 10.1. The summed E-state index contributed by atoms with van der Waals surface area (Å²) in [5.41, 5.74) is 2.61. The number of aryl methyl sites for hydroxylation is 1. The summed E-state index contributed by atoms with van der Waals surface area (Å²) in [4.78, 5) is 12.3. The molecule has 1 heterocycles. The van der Waals surface area contributed by atoms with Crippen LogP contribution in [-0.4, -0.2) is 31.7 Å². The van der Waals surface area contributed by atoms with E-state index in [-0.39, 0.29) is 18.1 Å². The zero-order valence-electron chi connectivity index (χ0n) is 11.8. The van der Waals surface area contributed by atoms with Gasteiger partial charge in [0.2, 0.25) is 0 Å². The minimum atomic E-state index is -0.0453. The van der Waals surface area contributed by atoms with Crippen molar-refractivity contribution < 1.29 is 9.53 Å². The van der Waals surface area contributed by atoms with Crippen molar-refractivity contribution in [3.63, 3.8) is 0 Å². The van der Waals surface area contributed by atoms with Gasteiger partial charge < -0.3 is 15.4 Å². The number of nitrogens with one attached hydrogen (secondary N) is 2. The van der Waals surface area contributed by atoms with Gasteiger partial charge in [0.1, 0.15) is 0 Å². The highest BCUT2D eigenvalue weighted by Crippen LogP contribution is 2.19. The molecule has 1 fully saturated rings. The van der Waals surface area contributed by atoms with Crippen molar-refractivity contribution in [2.45, 2.75) is 38.8 Å². The third kappa shape index (κ3) is 3.26. The summed E-state index contributed by atoms with van der Waals surface area (Å²) in [6.45, 7) is 4.79. The summed E-state index contributed by atoms with van der Waals surface area (Å²) < 4.78 is 5.60. The smallest absolute Gasteiger partial charge is 0.253 e. The molecule has 0 aliphatic carbocycles. The molecule has 2 N–H and O–H groups in total. The molecule has 1 aliphatic heterocycles. The lowest BCUT2D eigenvalue weighted by Gasteiger charge is -2.21. The molecular weight excluding hydrogens is 240 g/mol. The van der Waals surface area contributed by atoms with Gasteiger partial charge in [0.25, 0.3) is 5.91 Å². The van der Waals surface area contributed by atoms with Crippen LogP contribution in [0.15, 0.2) is 18.2 Å². The molecule has 0 spiro atoms. The van der Waals surface area contributed by atoms with E-state index in [9.17, 15) is 4.79 Å². The predicted octanol–water partition coefficient (Wildman–Crippen LogP) is 2.33. The summed E-state index contributed by atoms with van der Waals surface area (Å²) in [6.07, 6.45) is 2.25. The largest absolute Gasteiger partial charge is 0.387 e. The van der Waals surface area contributed by atoms with Crippen molar-refractivity contribution in [3.8, 4) is 0 Å². The maximum atomic E-state index is 12.3. The van der Waals surface area contributed by atoms with Gasteiger partial charge in [0.15, 0.2) is 0 Å². The molecule has 0 bridgehead atoms. The van der Waals surface area contributed by atoms with Crippen molar-refractivity contribution >= 4 is 11.6 Å². The Hall–Kier alpha value is -1.55. The fraction of sp³-hybridized carbons (Fsp3) is 0.533. The first kappa shape index (κ1) is 13.9. The van der Waals surface area contributed by atoms with E-state index in [1.807, 2.05) is 39.1 Å². The van der Waals surface area contributed by atoms with Gasteiger partial charge in [-0.15, -0.1) is 0 Å². The molecule has 2 unspecified atom stereocenters. The van der Waals surface area contributed by atoms with Crippen LogP contribution in [-0.2, 0) is 4.74 Å². The summed E-state index contributed by atoms with van der Waals surface area (Å²) in [7, 11) is 1.82. The van der Waals surface area contributed by atoms with Gasteiger partial charge in [-0.25, -0.2) is 0 Å². The predicted molar refractivity (Wildman–Crippen MR) is 76.6 cm³/mol. The fourth-order valence-corrected chi connectivity index (χ4v) is 2.44. The number of carbonyl (C=O) groups excluding carboxylic acids is 1. The summed E-state index contributed by atoms with van der Waals surface area (Å²) in [5, 5.41) is 6.09. The molecule has 0 radical (unpaired) electrons. The van der Waals surface area contributed by atoms with Crippen LogP contribution in [0.25, 0.3) is 0 Å². The van der Waals surface area contributed by atoms with Gasteiger partial charge in [0.05, 0.1) is 17.7 Å². The van der Waals surface area contributed by atoms with E-state index in [0.29, 0.717) is 5.56 Å². The van der Waals surface area contributed by atoms with Crippen LogP contribution < -0.4 is 10.6 Å². The Labute approximate surface area is 114 Å². The summed E-state index contributed by atoms with van der Waals surface area (Å²) in [5.74, 6) is -0.0453. The van der Waals surface area contributed by atoms with E-state index < -0.39 is 0 Å². The molecule has 1 aliphatic rings. The second-order valence-electron chi connectivity index (χ2n) is 5.11. The molecule has 2 rings (SSSR count). The van der Waals surface area contributed by atoms with Crippen LogP contribution in [0.1, 0.15) is 35.7 Å². The number of ether oxygens (including phenoxy) is 1. The number of hydrogen-bond acceptors (Lipinski definition) is 3. The molecular formula is C15H22N2O2. The molecule has 4 nitrogen and oxygen atoms in total. The van der Waals surface area contributed by atoms with Crippen LogP contribution >= 0.6 is 0 Å². The first-order valence-corrected chi connectivity index (χ1v) is 6.82. The third-order valence-corrected chi connectivity index (χ3v) is 3.57. The lowest BCUT2D eigenvalue weighted by Crippen LogP contribution is -2.41. The summed E-state index contributed by atoms with van der Waals surface area (Å²) >= 11 is 0. The number of benzene rings is 1. The normalized spacial score (nSPS) is 20.1. The van der Waals surface area contributed by atoms with Crippen molar-refractivity contribution in [1.29, 1.82) is 0 Å². The maximum Gasteiger partial charge on any atom is 0.253 e. The Morgan fingerprint density at radius 2 is 2.26 bits per heavy atom. The van der Waals surface area contributed by atoms with E-state index in [2.05, 4.69) is 10.6 Å². The van der Waals surface area contributed by atoms with Crippen molar-refractivity contribution in [3.05, 3.63) is 29.3 Å². The highest BCUT2D eigenvalue weighted by Gasteiger charge is 2.24. The zero-order valence-corrected chi connectivity index (χ0v) is 11.8. The summed E-state index contributed by atoms with van der Waals surface area (Å²) in [6, 6.07) is 5.87. The molecule has 0 aromatic heterocycles. The second kappa shape index (κ2) is 6.06. The molecule has 1 amide bonds. The highest BCUT2D eigenvalue weighted by atomic mass is 16.5. The molecule has 19 heavy (non-hydrogen) atoms. The third-order valence-electron chi connectivity index (χ3n) is 3.57. The first-order chi connectivity index (χ1) is 9.11. The minimum Gasteiger partial charge on any atom is -0.387 e. The Morgan fingerprint density at radius 3 is 2.89 bits per heavy atom. The van der Waals surface area contributed by atoms with E-state index >= 15 is 0 Å². The van der Waals surface area contributed by atoms with Crippen molar-refractivity contribution in [2.24, 2.45) is 0 Å². The van der Waals surface area contributed by atoms with Crippen LogP contribution in [0.5, 0.6) is 0 Å². The molecule has 1 aromatic carbocycles. The first-order valence-electron chi connectivity index (χ1n) is 6.82. The van der Waals surface area contributed by atoms with Gasteiger partial charge in [-0.3, -0.25) is 4.79 Å². The average Bonchev–Trinajstić information content (AvgIpc) is 2.92. The van der Waals surface area contributed by atoms with Gasteiger partial charge >= 0.3 is 0 Å². The topological polar surface area (TPSA) is 50.4 Å². The standard InChI is InChI=1S/C15H22N2O2/c1-10-6-7-13(16-3)12(9-10)15(18)17-11(2)14-5-4-8-19-14/h6-7,9,11,14,16H,4-5,8H2,1-3H3,(H,17,18). The van der Waals surface area contributed by atoms with Crippen molar-refractivity contribution in [1.82, 2.24) is 5.32 Å². The number of carbonyl (C=O) groups is 1. The molecule has 1 aromatic rings. The van der Waals surface area contributed by atoms with E-state index in [1.165, 1.54) is 0 Å². The Bertz CT molecular complexity index is 453. The van der Waals surface area contributed by atoms with Crippen LogP contribution in [0.2, 0.25) is 0 Å². The molecule has 4 heteroatoms. The van der Waals surface area contributed by atoms with Crippen LogP contribution in [0.3, 0.4) is 0 Å².